The number of aromatic nitrogens is 1. The van der Waals surface area contributed by atoms with E-state index >= 15 is 0 Å². The summed E-state index contributed by atoms with van der Waals surface area (Å²) in [5.74, 6) is 1.05. The molecule has 0 saturated carbocycles. The van der Waals surface area contributed by atoms with Crippen molar-refractivity contribution in [3.05, 3.63) is 126 Å². The summed E-state index contributed by atoms with van der Waals surface area (Å²) in [4.78, 5) is 33.7. The van der Waals surface area contributed by atoms with Gasteiger partial charge in [0.1, 0.15) is 24.1 Å². The van der Waals surface area contributed by atoms with E-state index in [2.05, 4.69) is 15.6 Å². The number of amides is 2. The fourth-order valence-electron chi connectivity index (χ4n) is 4.95. The Hall–Kier alpha value is -4.69. The number of nitrogens with zero attached hydrogens (tertiary/aromatic N) is 2. The van der Waals surface area contributed by atoms with Gasteiger partial charge in [-0.2, -0.15) is 0 Å². The molecule has 3 aromatic carbocycles. The van der Waals surface area contributed by atoms with Crippen LogP contribution in [0.1, 0.15) is 43.0 Å². The van der Waals surface area contributed by atoms with Gasteiger partial charge in [-0.25, -0.2) is 0 Å². The molecule has 2 unspecified atom stereocenters. The molecule has 0 fully saturated rings. The van der Waals surface area contributed by atoms with Crippen LogP contribution in [-0.4, -0.2) is 53.5 Å². The maximum absolute atomic E-state index is 14.0. The Kier molecular flexibility index (Phi) is 11.7. The lowest BCUT2D eigenvalue weighted by atomic mass is 10.0. The first kappa shape index (κ1) is 33.2. The number of hydrogen-bond acceptors (Lipinski definition) is 6. The highest BCUT2D eigenvalue weighted by atomic mass is 16.5. The van der Waals surface area contributed by atoms with Crippen LogP contribution in [0.4, 0.5) is 0 Å². The van der Waals surface area contributed by atoms with Gasteiger partial charge in [-0.05, 0) is 92.9 Å². The minimum atomic E-state index is -0.776. The normalized spacial score (nSPS) is 12.7. The van der Waals surface area contributed by atoms with Crippen LogP contribution in [0.2, 0.25) is 0 Å². The van der Waals surface area contributed by atoms with Gasteiger partial charge in [0, 0.05) is 30.9 Å². The predicted molar refractivity (Wildman–Crippen MR) is 177 cm³/mol. The zero-order valence-corrected chi connectivity index (χ0v) is 26.8. The third-order valence-corrected chi connectivity index (χ3v) is 7.35. The van der Waals surface area contributed by atoms with E-state index in [1.165, 1.54) is 0 Å². The van der Waals surface area contributed by atoms with E-state index in [0.29, 0.717) is 26.0 Å². The number of carbonyl (C=O) groups excluding carboxylic acids is 2. The van der Waals surface area contributed by atoms with Crippen LogP contribution >= 0.6 is 0 Å². The monoisotopic (exact) mass is 608 g/mol. The van der Waals surface area contributed by atoms with Crippen LogP contribution in [-0.2, 0) is 35.6 Å². The van der Waals surface area contributed by atoms with Gasteiger partial charge in [0.15, 0.2) is 0 Å². The fourth-order valence-corrected chi connectivity index (χ4v) is 4.95. The summed E-state index contributed by atoms with van der Waals surface area (Å²) in [6.45, 7) is 6.79. The van der Waals surface area contributed by atoms with Crippen molar-refractivity contribution in [1.82, 2.24) is 20.5 Å². The van der Waals surface area contributed by atoms with E-state index in [9.17, 15) is 9.59 Å². The van der Waals surface area contributed by atoms with Gasteiger partial charge in [-0.1, -0.05) is 54.6 Å². The molecule has 8 heteroatoms. The Morgan fingerprint density at radius 3 is 1.98 bits per heavy atom. The molecule has 0 saturated heterocycles. The van der Waals surface area contributed by atoms with E-state index in [1.807, 2.05) is 124 Å². The van der Waals surface area contributed by atoms with E-state index in [4.69, 9.17) is 9.47 Å². The molecule has 2 amide bonds. The quantitative estimate of drug-likeness (QED) is 0.200. The molecule has 0 aliphatic carbocycles. The van der Waals surface area contributed by atoms with Crippen LogP contribution in [0.3, 0.4) is 0 Å². The molecule has 45 heavy (non-hydrogen) atoms. The largest absolute Gasteiger partial charge is 0.497 e. The Bertz CT molecular complexity index is 1490. The second-order valence-electron chi connectivity index (χ2n) is 12.3. The first-order chi connectivity index (χ1) is 21.6. The number of benzene rings is 3. The molecule has 0 aliphatic heterocycles. The van der Waals surface area contributed by atoms with Crippen LogP contribution in [0.25, 0.3) is 0 Å². The maximum Gasteiger partial charge on any atom is 0.243 e. The molecule has 2 N–H and O–H groups in total. The zero-order chi connectivity index (χ0) is 32.2. The number of likely N-dealkylation sites (N-methyl/N-ethyl adjacent to an activating group) is 1. The van der Waals surface area contributed by atoms with Gasteiger partial charge < -0.3 is 20.1 Å². The minimum Gasteiger partial charge on any atom is -0.497 e. The van der Waals surface area contributed by atoms with Crippen LogP contribution in [0.5, 0.6) is 11.5 Å². The summed E-state index contributed by atoms with van der Waals surface area (Å²) in [7, 11) is 3.56. The highest BCUT2D eigenvalue weighted by molar-refractivity contribution is 5.90. The maximum atomic E-state index is 14.0. The molecule has 8 nitrogen and oxygen atoms in total. The number of methoxy groups -OCH3 is 1. The van der Waals surface area contributed by atoms with Gasteiger partial charge in [0.05, 0.1) is 13.2 Å². The lowest BCUT2D eigenvalue weighted by molar-refractivity contribution is -0.132. The molecule has 0 spiro atoms. The van der Waals surface area contributed by atoms with Gasteiger partial charge in [0.2, 0.25) is 11.8 Å². The van der Waals surface area contributed by atoms with E-state index in [-0.39, 0.29) is 11.8 Å². The van der Waals surface area contributed by atoms with E-state index < -0.39 is 17.6 Å². The number of nitrogens with one attached hydrogen (secondary N) is 2. The molecule has 0 radical (unpaired) electrons. The Morgan fingerprint density at radius 1 is 0.756 bits per heavy atom. The molecule has 1 aromatic heterocycles. The fraction of sp³-hybridized carbons (Fsp3) is 0.324. The summed E-state index contributed by atoms with van der Waals surface area (Å²) < 4.78 is 11.2. The molecule has 1 heterocycles. The van der Waals surface area contributed by atoms with Crippen LogP contribution < -0.4 is 20.1 Å². The lowest BCUT2D eigenvalue weighted by Gasteiger charge is -2.30. The van der Waals surface area contributed by atoms with Crippen molar-refractivity contribution in [1.29, 1.82) is 0 Å². The summed E-state index contributed by atoms with van der Waals surface area (Å²) in [5.41, 5.74) is 3.56. The third-order valence-electron chi connectivity index (χ3n) is 7.35. The SMILES string of the molecule is COc1ccc(CN(C)C(Cc2ccncc2)C(=O)NC(Cc2ccc(OCc3ccccc3)cc2)C(=O)NC(C)(C)C)cc1. The highest BCUT2D eigenvalue weighted by Gasteiger charge is 2.30. The Balaban J connectivity index is 1.51. The molecule has 4 rings (SSSR count). The second kappa shape index (κ2) is 15.9. The zero-order valence-electron chi connectivity index (χ0n) is 26.8. The van der Waals surface area contributed by atoms with Crippen molar-refractivity contribution in [3.63, 3.8) is 0 Å². The number of pyridine rings is 1. The molecule has 2 atom stereocenters. The van der Waals surface area contributed by atoms with Crippen LogP contribution in [0.15, 0.2) is 103 Å². The summed E-state index contributed by atoms with van der Waals surface area (Å²) >= 11 is 0. The van der Waals surface area contributed by atoms with E-state index in [0.717, 1.165) is 33.8 Å². The van der Waals surface area contributed by atoms with Crippen molar-refractivity contribution >= 4 is 11.8 Å². The molecular weight excluding hydrogens is 564 g/mol. The van der Waals surface area contributed by atoms with E-state index in [1.54, 1.807) is 19.5 Å². The molecular formula is C37H44N4O4. The second-order valence-corrected chi connectivity index (χ2v) is 12.3. The first-order valence-electron chi connectivity index (χ1n) is 15.2. The van der Waals surface area contributed by atoms with Crippen LogP contribution in [0, 0.1) is 0 Å². The van der Waals surface area contributed by atoms with Gasteiger partial charge in [-0.3, -0.25) is 19.5 Å². The highest BCUT2D eigenvalue weighted by Crippen LogP contribution is 2.18. The molecule has 0 aliphatic rings. The number of carbonyl (C=O) groups is 2. The Morgan fingerprint density at radius 2 is 1.36 bits per heavy atom. The number of ether oxygens (including phenoxy) is 2. The van der Waals surface area contributed by atoms with Crippen molar-refractivity contribution in [3.8, 4) is 11.5 Å². The summed E-state index contributed by atoms with van der Waals surface area (Å²) in [6, 6.07) is 28.0. The molecule has 236 valence electrons. The average Bonchev–Trinajstić information content (AvgIpc) is 3.03. The van der Waals surface area contributed by atoms with Gasteiger partial charge >= 0.3 is 0 Å². The number of hydrogen-bond donors (Lipinski definition) is 2. The Labute approximate surface area is 266 Å². The van der Waals surface area contributed by atoms with Gasteiger partial charge in [-0.15, -0.1) is 0 Å². The summed E-state index contributed by atoms with van der Waals surface area (Å²) in [5, 5.41) is 6.15. The smallest absolute Gasteiger partial charge is 0.243 e. The van der Waals surface area contributed by atoms with Crippen molar-refractivity contribution in [2.24, 2.45) is 0 Å². The summed E-state index contributed by atoms with van der Waals surface area (Å²) in [6.07, 6.45) is 4.24. The first-order valence-corrected chi connectivity index (χ1v) is 15.2. The lowest BCUT2D eigenvalue weighted by Crippen LogP contribution is -2.56. The molecule has 0 bridgehead atoms. The van der Waals surface area contributed by atoms with Gasteiger partial charge in [0.25, 0.3) is 0 Å². The number of rotatable bonds is 14. The molecule has 4 aromatic rings. The predicted octanol–water partition coefficient (Wildman–Crippen LogP) is 5.35. The third kappa shape index (κ3) is 10.8. The minimum absolute atomic E-state index is 0.223. The van der Waals surface area contributed by atoms with Crippen molar-refractivity contribution in [2.45, 2.75) is 64.4 Å². The standard InChI is InChI=1S/C37H44N4O4/c1-37(2,3)40-35(42)33(23-27-11-17-32(18-12-27)45-26-30-9-7-6-8-10-30)39-36(43)34(24-28-19-21-38-22-20-28)41(4)25-29-13-15-31(44-5)16-14-29/h6-22,33-34H,23-26H2,1-5H3,(H,39,43)(H,40,42). The topological polar surface area (TPSA) is 92.8 Å². The average molecular weight is 609 g/mol. The van der Waals surface area contributed by atoms with Crippen molar-refractivity contribution in [2.75, 3.05) is 14.2 Å². The van der Waals surface area contributed by atoms with Crippen molar-refractivity contribution < 1.29 is 19.1 Å².